The quantitative estimate of drug-likeness (QED) is 0.774. The Labute approximate surface area is 159 Å². The van der Waals surface area contributed by atoms with Gasteiger partial charge in [0.25, 0.3) is 0 Å². The molecule has 1 N–H and O–H groups in total. The Kier molecular flexibility index (Phi) is 7.19. The smallest absolute Gasteiger partial charge is 0.223 e. The van der Waals surface area contributed by atoms with E-state index in [0.29, 0.717) is 12.3 Å². The molecular weight excluding hydrogens is 347 g/mol. The molecule has 1 aliphatic heterocycles. The number of hydrogen-bond donors (Lipinski definition) is 1. The van der Waals surface area contributed by atoms with Crippen molar-refractivity contribution in [3.05, 3.63) is 65.5 Å². The predicted octanol–water partition coefficient (Wildman–Crippen LogP) is 2.74. The van der Waals surface area contributed by atoms with Gasteiger partial charge in [0.05, 0.1) is 26.2 Å². The molecule has 0 aromatic heterocycles. The Morgan fingerprint density at radius 2 is 1.78 bits per heavy atom. The van der Waals surface area contributed by atoms with Crippen LogP contribution in [0.2, 0.25) is 0 Å². The van der Waals surface area contributed by atoms with Crippen LogP contribution in [-0.2, 0) is 22.6 Å². The van der Waals surface area contributed by atoms with Crippen LogP contribution >= 0.6 is 0 Å². The summed E-state index contributed by atoms with van der Waals surface area (Å²) in [5.74, 6) is 0.175. The normalized spacial score (nSPS) is 14.7. The van der Waals surface area contributed by atoms with E-state index in [2.05, 4.69) is 16.3 Å². The first-order valence-corrected chi connectivity index (χ1v) is 9.22. The molecule has 1 fully saturated rings. The highest BCUT2D eigenvalue weighted by Crippen LogP contribution is 2.13. The number of carbonyl (C=O) groups excluding carboxylic acids is 1. The first-order valence-electron chi connectivity index (χ1n) is 9.22. The molecule has 3 rings (SSSR count). The fourth-order valence-corrected chi connectivity index (χ4v) is 2.96. The zero-order chi connectivity index (χ0) is 18.9. The van der Waals surface area contributed by atoms with E-state index < -0.39 is 0 Å². The van der Waals surface area contributed by atoms with Crippen LogP contribution in [-0.4, -0.2) is 43.7 Å². The highest BCUT2D eigenvalue weighted by Gasteiger charge is 2.13. The lowest BCUT2D eigenvalue weighted by atomic mass is 10.1. The van der Waals surface area contributed by atoms with E-state index in [1.165, 1.54) is 17.7 Å². The summed E-state index contributed by atoms with van der Waals surface area (Å²) in [6.45, 7) is 5.02. The molecule has 6 heteroatoms. The number of nitrogens with zero attached hydrogens (tertiary/aromatic N) is 1. The van der Waals surface area contributed by atoms with Gasteiger partial charge < -0.3 is 14.8 Å². The van der Waals surface area contributed by atoms with Crippen molar-refractivity contribution in [2.24, 2.45) is 0 Å². The number of halogens is 1. The molecular formula is C21H25FN2O3. The van der Waals surface area contributed by atoms with Gasteiger partial charge in [-0.3, -0.25) is 9.69 Å². The van der Waals surface area contributed by atoms with E-state index in [-0.39, 0.29) is 24.8 Å². The number of rotatable bonds is 8. The Balaban J connectivity index is 1.43. The van der Waals surface area contributed by atoms with Gasteiger partial charge in [0.1, 0.15) is 11.6 Å². The summed E-state index contributed by atoms with van der Waals surface area (Å²) in [5, 5.41) is 2.95. The third kappa shape index (κ3) is 6.34. The van der Waals surface area contributed by atoms with Crippen LogP contribution in [0.1, 0.15) is 17.5 Å². The molecule has 144 valence electrons. The van der Waals surface area contributed by atoms with E-state index in [0.717, 1.165) is 38.4 Å². The summed E-state index contributed by atoms with van der Waals surface area (Å²) in [6, 6.07) is 13.9. The lowest BCUT2D eigenvalue weighted by Gasteiger charge is -2.27. The summed E-state index contributed by atoms with van der Waals surface area (Å²) in [5.41, 5.74) is 2.35. The second-order valence-corrected chi connectivity index (χ2v) is 6.49. The molecule has 2 aromatic carbocycles. The average Bonchev–Trinajstić information content (AvgIpc) is 2.70. The molecule has 0 spiro atoms. The fourth-order valence-electron chi connectivity index (χ4n) is 2.96. The SMILES string of the molecule is O=C(CCOc1ccc(F)cc1)NCc1ccccc1CN1CCOCC1. The first kappa shape index (κ1) is 19.3. The summed E-state index contributed by atoms with van der Waals surface area (Å²) in [6.07, 6.45) is 0.253. The molecule has 1 heterocycles. The second-order valence-electron chi connectivity index (χ2n) is 6.49. The Morgan fingerprint density at radius 1 is 1.07 bits per heavy atom. The van der Waals surface area contributed by atoms with Gasteiger partial charge in [0.2, 0.25) is 5.91 Å². The summed E-state index contributed by atoms with van der Waals surface area (Å²) in [7, 11) is 0. The van der Waals surface area contributed by atoms with E-state index in [1.807, 2.05) is 18.2 Å². The minimum Gasteiger partial charge on any atom is -0.493 e. The zero-order valence-corrected chi connectivity index (χ0v) is 15.3. The molecule has 5 nitrogen and oxygen atoms in total. The Morgan fingerprint density at radius 3 is 2.52 bits per heavy atom. The molecule has 2 aromatic rings. The van der Waals surface area contributed by atoms with Crippen LogP contribution in [0.4, 0.5) is 4.39 Å². The molecule has 1 aliphatic rings. The summed E-state index contributed by atoms with van der Waals surface area (Å²) < 4.78 is 23.7. The standard InChI is InChI=1S/C21H25FN2O3/c22-19-5-7-20(8-6-19)27-12-9-21(25)23-15-17-3-1-2-4-18(17)16-24-10-13-26-14-11-24/h1-8H,9-16H2,(H,23,25). The van der Waals surface area contributed by atoms with Crippen LogP contribution in [0.5, 0.6) is 5.75 Å². The molecule has 0 bridgehead atoms. The molecule has 0 aliphatic carbocycles. The summed E-state index contributed by atoms with van der Waals surface area (Å²) >= 11 is 0. The van der Waals surface area contributed by atoms with E-state index in [4.69, 9.17) is 9.47 Å². The van der Waals surface area contributed by atoms with Crippen molar-refractivity contribution in [3.8, 4) is 5.75 Å². The number of ether oxygens (including phenoxy) is 2. The maximum atomic E-state index is 12.9. The van der Waals surface area contributed by atoms with Crippen molar-refractivity contribution in [1.82, 2.24) is 10.2 Å². The highest BCUT2D eigenvalue weighted by atomic mass is 19.1. The van der Waals surface area contributed by atoms with Gasteiger partial charge in [-0.05, 0) is 35.4 Å². The van der Waals surface area contributed by atoms with Crippen molar-refractivity contribution in [1.29, 1.82) is 0 Å². The Hall–Kier alpha value is -2.44. The van der Waals surface area contributed by atoms with Gasteiger partial charge in [-0.2, -0.15) is 0 Å². The lowest BCUT2D eigenvalue weighted by Crippen LogP contribution is -2.36. The maximum absolute atomic E-state index is 12.9. The van der Waals surface area contributed by atoms with Crippen LogP contribution in [0.3, 0.4) is 0 Å². The molecule has 1 amide bonds. The number of morpholine rings is 1. The molecule has 0 unspecified atom stereocenters. The van der Waals surface area contributed by atoms with Gasteiger partial charge in [0.15, 0.2) is 0 Å². The number of hydrogen-bond acceptors (Lipinski definition) is 4. The highest BCUT2D eigenvalue weighted by molar-refractivity contribution is 5.76. The molecule has 27 heavy (non-hydrogen) atoms. The molecule has 0 radical (unpaired) electrons. The third-order valence-electron chi connectivity index (χ3n) is 4.50. The second kappa shape index (κ2) is 10.0. The molecule has 0 saturated carbocycles. The third-order valence-corrected chi connectivity index (χ3v) is 4.50. The largest absolute Gasteiger partial charge is 0.493 e. The van der Waals surface area contributed by atoms with Gasteiger partial charge in [-0.15, -0.1) is 0 Å². The van der Waals surface area contributed by atoms with Crippen molar-refractivity contribution in [2.45, 2.75) is 19.5 Å². The number of nitrogens with one attached hydrogen (secondary N) is 1. The van der Waals surface area contributed by atoms with E-state index in [1.54, 1.807) is 12.1 Å². The van der Waals surface area contributed by atoms with Gasteiger partial charge in [-0.1, -0.05) is 24.3 Å². The first-order chi connectivity index (χ1) is 13.2. The van der Waals surface area contributed by atoms with Crippen LogP contribution in [0.15, 0.2) is 48.5 Å². The van der Waals surface area contributed by atoms with Gasteiger partial charge in [0, 0.05) is 26.2 Å². The van der Waals surface area contributed by atoms with Gasteiger partial charge >= 0.3 is 0 Å². The van der Waals surface area contributed by atoms with Crippen molar-refractivity contribution in [2.75, 3.05) is 32.9 Å². The topological polar surface area (TPSA) is 50.8 Å². The van der Waals surface area contributed by atoms with Crippen LogP contribution in [0, 0.1) is 5.82 Å². The minimum absolute atomic E-state index is 0.0710. The van der Waals surface area contributed by atoms with Gasteiger partial charge in [-0.25, -0.2) is 4.39 Å². The summed E-state index contributed by atoms with van der Waals surface area (Å²) in [4.78, 5) is 14.4. The van der Waals surface area contributed by atoms with Crippen molar-refractivity contribution in [3.63, 3.8) is 0 Å². The van der Waals surface area contributed by atoms with E-state index >= 15 is 0 Å². The number of benzene rings is 2. The van der Waals surface area contributed by atoms with E-state index in [9.17, 15) is 9.18 Å². The predicted molar refractivity (Wildman–Crippen MR) is 101 cm³/mol. The minimum atomic E-state index is -0.309. The van der Waals surface area contributed by atoms with Crippen LogP contribution < -0.4 is 10.1 Å². The molecule has 0 atom stereocenters. The van der Waals surface area contributed by atoms with Crippen molar-refractivity contribution >= 4 is 5.91 Å². The lowest BCUT2D eigenvalue weighted by molar-refractivity contribution is -0.121. The van der Waals surface area contributed by atoms with Crippen LogP contribution in [0.25, 0.3) is 0 Å². The maximum Gasteiger partial charge on any atom is 0.223 e. The number of amides is 1. The fraction of sp³-hybridized carbons (Fsp3) is 0.381. The monoisotopic (exact) mass is 372 g/mol. The zero-order valence-electron chi connectivity index (χ0n) is 15.3. The number of carbonyl (C=O) groups is 1. The molecule has 1 saturated heterocycles. The Bertz CT molecular complexity index is 730. The van der Waals surface area contributed by atoms with Crippen molar-refractivity contribution < 1.29 is 18.7 Å². The average molecular weight is 372 g/mol.